The number of hydrogen-bond donors (Lipinski definition) is 1. The Hall–Kier alpha value is -0.820. The SMILES string of the molecule is Cc1cc(C)nc(SC(CCN)C(F)(F)F)n1. The van der Waals surface area contributed by atoms with Gasteiger partial charge in [0.2, 0.25) is 0 Å². The van der Waals surface area contributed by atoms with Crippen LogP contribution in [0.3, 0.4) is 0 Å². The van der Waals surface area contributed by atoms with E-state index < -0.39 is 11.4 Å². The van der Waals surface area contributed by atoms with Gasteiger partial charge >= 0.3 is 6.18 Å². The number of nitrogens with two attached hydrogens (primary N) is 1. The molecule has 1 aromatic rings. The van der Waals surface area contributed by atoms with E-state index in [2.05, 4.69) is 9.97 Å². The van der Waals surface area contributed by atoms with E-state index in [1.165, 1.54) is 0 Å². The fraction of sp³-hybridized carbons (Fsp3) is 0.600. The summed E-state index contributed by atoms with van der Waals surface area (Å²) in [6, 6.07) is 1.72. The van der Waals surface area contributed by atoms with Crippen molar-refractivity contribution in [2.45, 2.75) is 36.9 Å². The van der Waals surface area contributed by atoms with Crippen LogP contribution in [0.5, 0.6) is 0 Å². The van der Waals surface area contributed by atoms with Crippen LogP contribution >= 0.6 is 11.8 Å². The Labute approximate surface area is 102 Å². The molecule has 0 bridgehead atoms. The maximum absolute atomic E-state index is 12.7. The molecule has 2 N–H and O–H groups in total. The average molecular weight is 265 g/mol. The van der Waals surface area contributed by atoms with E-state index in [9.17, 15) is 13.2 Å². The fourth-order valence-corrected chi connectivity index (χ4v) is 2.35. The molecule has 0 saturated carbocycles. The lowest BCUT2D eigenvalue weighted by Gasteiger charge is -2.18. The molecule has 3 nitrogen and oxygen atoms in total. The summed E-state index contributed by atoms with van der Waals surface area (Å²) in [6.07, 6.45) is -4.42. The third-order valence-electron chi connectivity index (χ3n) is 2.00. The Morgan fingerprint density at radius 3 is 2.24 bits per heavy atom. The zero-order chi connectivity index (χ0) is 13.1. The first-order valence-corrected chi connectivity index (χ1v) is 5.96. The zero-order valence-corrected chi connectivity index (χ0v) is 10.4. The zero-order valence-electron chi connectivity index (χ0n) is 9.58. The van der Waals surface area contributed by atoms with Crippen molar-refractivity contribution in [3.05, 3.63) is 17.5 Å². The minimum atomic E-state index is -4.29. The molecule has 1 rings (SSSR count). The molecular weight excluding hydrogens is 251 g/mol. The van der Waals surface area contributed by atoms with E-state index in [0.717, 1.165) is 0 Å². The van der Waals surface area contributed by atoms with Gasteiger partial charge in [-0.1, -0.05) is 11.8 Å². The molecule has 0 aromatic carbocycles. The number of hydrogen-bond acceptors (Lipinski definition) is 4. The summed E-state index contributed by atoms with van der Waals surface area (Å²) in [6.45, 7) is 3.44. The lowest BCUT2D eigenvalue weighted by molar-refractivity contribution is -0.129. The number of rotatable bonds is 4. The second-order valence-electron chi connectivity index (χ2n) is 3.66. The topological polar surface area (TPSA) is 51.8 Å². The van der Waals surface area contributed by atoms with E-state index >= 15 is 0 Å². The summed E-state index contributed by atoms with van der Waals surface area (Å²) in [5, 5.41) is -1.40. The maximum atomic E-state index is 12.7. The van der Waals surface area contributed by atoms with Crippen molar-refractivity contribution in [2.75, 3.05) is 6.54 Å². The van der Waals surface area contributed by atoms with Crippen LogP contribution in [-0.2, 0) is 0 Å². The monoisotopic (exact) mass is 265 g/mol. The molecule has 0 saturated heterocycles. The standard InChI is InChI=1S/C10H14F3N3S/c1-6-5-7(2)16-9(15-6)17-8(3-4-14)10(11,12)13/h5,8H,3-4,14H2,1-2H3. The molecule has 17 heavy (non-hydrogen) atoms. The summed E-state index contributed by atoms with van der Waals surface area (Å²) < 4.78 is 38.0. The van der Waals surface area contributed by atoms with Crippen LogP contribution in [0.4, 0.5) is 13.2 Å². The van der Waals surface area contributed by atoms with Crippen LogP contribution in [0.15, 0.2) is 11.2 Å². The highest BCUT2D eigenvalue weighted by molar-refractivity contribution is 7.99. The van der Waals surface area contributed by atoms with Crippen molar-refractivity contribution in [3.8, 4) is 0 Å². The fourth-order valence-electron chi connectivity index (χ4n) is 1.31. The van der Waals surface area contributed by atoms with E-state index in [4.69, 9.17) is 5.73 Å². The van der Waals surface area contributed by atoms with Crippen LogP contribution in [0, 0.1) is 13.8 Å². The summed E-state index contributed by atoms with van der Waals surface area (Å²) in [7, 11) is 0. The van der Waals surface area contributed by atoms with E-state index in [-0.39, 0.29) is 18.1 Å². The molecule has 7 heteroatoms. The van der Waals surface area contributed by atoms with Gasteiger partial charge in [-0.2, -0.15) is 13.2 Å². The average Bonchev–Trinajstić information content (AvgIpc) is 2.13. The van der Waals surface area contributed by atoms with E-state index in [1.54, 1.807) is 19.9 Å². The first-order valence-electron chi connectivity index (χ1n) is 5.08. The summed E-state index contributed by atoms with van der Waals surface area (Å²) in [5.41, 5.74) is 6.51. The van der Waals surface area contributed by atoms with Gasteiger partial charge in [-0.25, -0.2) is 9.97 Å². The van der Waals surface area contributed by atoms with Crippen molar-refractivity contribution in [1.29, 1.82) is 0 Å². The van der Waals surface area contributed by atoms with E-state index in [1.807, 2.05) is 0 Å². The first kappa shape index (κ1) is 14.2. The summed E-state index contributed by atoms with van der Waals surface area (Å²) in [4.78, 5) is 7.96. The van der Waals surface area contributed by atoms with Gasteiger partial charge in [-0.3, -0.25) is 0 Å². The second-order valence-corrected chi connectivity index (χ2v) is 4.83. The minimum absolute atomic E-state index is 0.0119. The van der Waals surface area contributed by atoms with Crippen molar-refractivity contribution in [1.82, 2.24) is 9.97 Å². The number of alkyl halides is 3. The normalized spacial score (nSPS) is 13.8. The molecule has 0 amide bonds. The molecule has 0 spiro atoms. The van der Waals surface area contributed by atoms with Gasteiger partial charge in [0.05, 0.1) is 0 Å². The van der Waals surface area contributed by atoms with Crippen LogP contribution < -0.4 is 5.73 Å². The van der Waals surface area contributed by atoms with Gasteiger partial charge in [0.15, 0.2) is 5.16 Å². The molecule has 1 aromatic heterocycles. The molecule has 0 aliphatic heterocycles. The Kier molecular flexibility index (Phi) is 4.76. The van der Waals surface area contributed by atoms with Crippen molar-refractivity contribution in [2.24, 2.45) is 5.73 Å². The number of halogens is 3. The number of thioether (sulfide) groups is 1. The largest absolute Gasteiger partial charge is 0.401 e. The predicted octanol–water partition coefficient (Wildman–Crippen LogP) is 2.47. The van der Waals surface area contributed by atoms with Gasteiger partial charge in [0, 0.05) is 11.4 Å². The molecule has 1 heterocycles. The maximum Gasteiger partial charge on any atom is 0.401 e. The lowest BCUT2D eigenvalue weighted by atomic mass is 10.3. The van der Waals surface area contributed by atoms with Crippen molar-refractivity contribution in [3.63, 3.8) is 0 Å². The molecule has 0 radical (unpaired) electrons. The number of nitrogens with zero attached hydrogens (tertiary/aromatic N) is 2. The number of aromatic nitrogens is 2. The molecule has 1 unspecified atom stereocenters. The van der Waals surface area contributed by atoms with Crippen LogP contribution in [0.25, 0.3) is 0 Å². The third kappa shape index (κ3) is 4.51. The minimum Gasteiger partial charge on any atom is -0.330 e. The van der Waals surface area contributed by atoms with Crippen LogP contribution in [0.2, 0.25) is 0 Å². The first-order chi connectivity index (χ1) is 7.82. The Balaban J connectivity index is 2.86. The summed E-state index contributed by atoms with van der Waals surface area (Å²) >= 11 is 0.621. The lowest BCUT2D eigenvalue weighted by Crippen LogP contribution is -2.28. The highest BCUT2D eigenvalue weighted by Gasteiger charge is 2.40. The molecule has 0 aliphatic rings. The predicted molar refractivity (Wildman–Crippen MR) is 60.9 cm³/mol. The second kappa shape index (κ2) is 5.68. The van der Waals surface area contributed by atoms with Gasteiger partial charge in [-0.05, 0) is 32.9 Å². The van der Waals surface area contributed by atoms with Crippen molar-refractivity contribution >= 4 is 11.8 Å². The molecule has 1 atom stereocenters. The smallest absolute Gasteiger partial charge is 0.330 e. The van der Waals surface area contributed by atoms with Gasteiger partial charge in [0.25, 0.3) is 0 Å². The third-order valence-corrected chi connectivity index (χ3v) is 3.18. The van der Waals surface area contributed by atoms with Gasteiger partial charge in [-0.15, -0.1) is 0 Å². The molecule has 0 aliphatic carbocycles. The highest BCUT2D eigenvalue weighted by Crippen LogP contribution is 2.35. The summed E-state index contributed by atoms with van der Waals surface area (Å²) in [5.74, 6) is 0. The van der Waals surface area contributed by atoms with Crippen molar-refractivity contribution < 1.29 is 13.2 Å². The number of aryl methyl sites for hydroxylation is 2. The Morgan fingerprint density at radius 2 is 1.82 bits per heavy atom. The van der Waals surface area contributed by atoms with Gasteiger partial charge in [0.1, 0.15) is 5.25 Å². The molecule has 96 valence electrons. The van der Waals surface area contributed by atoms with Gasteiger partial charge < -0.3 is 5.73 Å². The highest BCUT2D eigenvalue weighted by atomic mass is 32.2. The quantitative estimate of drug-likeness (QED) is 0.671. The van der Waals surface area contributed by atoms with Crippen LogP contribution in [0.1, 0.15) is 17.8 Å². The Morgan fingerprint density at radius 1 is 1.29 bits per heavy atom. The van der Waals surface area contributed by atoms with Crippen LogP contribution in [-0.4, -0.2) is 27.9 Å². The molecular formula is C10H14F3N3S. The van der Waals surface area contributed by atoms with E-state index in [0.29, 0.717) is 23.1 Å². The molecule has 0 fully saturated rings. The Bertz CT molecular complexity index is 361.